The number of likely N-dealkylation sites (N-methyl/N-ethyl adjacent to an activating group) is 1. The van der Waals surface area contributed by atoms with Gasteiger partial charge in [0.15, 0.2) is 0 Å². The van der Waals surface area contributed by atoms with Gasteiger partial charge in [-0.1, -0.05) is 18.2 Å². The van der Waals surface area contributed by atoms with Crippen LogP contribution in [0.25, 0.3) is 10.1 Å². The van der Waals surface area contributed by atoms with E-state index in [9.17, 15) is 0 Å². The van der Waals surface area contributed by atoms with E-state index in [1.165, 1.54) is 15.6 Å². The number of nitrogens with zero attached hydrogens (tertiary/aromatic N) is 1. The van der Waals surface area contributed by atoms with Gasteiger partial charge in [0.05, 0.1) is 0 Å². The molecule has 0 aliphatic heterocycles. The number of hydrogen-bond donors (Lipinski definition) is 2. The number of rotatable bonds is 5. The number of thiophene rings is 1. The van der Waals surface area contributed by atoms with Gasteiger partial charge in [0.1, 0.15) is 0 Å². The van der Waals surface area contributed by atoms with Crippen LogP contribution in [0.3, 0.4) is 0 Å². The smallest absolute Gasteiger partial charge is 0.0346 e. The zero-order valence-corrected chi connectivity index (χ0v) is 10.9. The van der Waals surface area contributed by atoms with Gasteiger partial charge in [0.25, 0.3) is 0 Å². The van der Waals surface area contributed by atoms with Crippen molar-refractivity contribution in [1.29, 1.82) is 0 Å². The molecule has 17 heavy (non-hydrogen) atoms. The Morgan fingerprint density at radius 3 is 2.88 bits per heavy atom. The molecule has 0 spiro atoms. The van der Waals surface area contributed by atoms with E-state index in [2.05, 4.69) is 41.6 Å². The lowest BCUT2D eigenvalue weighted by molar-refractivity contribution is 0.306. The highest BCUT2D eigenvalue weighted by atomic mass is 32.1. The molecule has 0 saturated carbocycles. The zero-order valence-electron chi connectivity index (χ0n) is 10.1. The molecule has 1 aromatic heterocycles. The third-order valence-corrected chi connectivity index (χ3v) is 3.86. The molecular weight excluding hydrogens is 230 g/mol. The minimum Gasteiger partial charge on any atom is -0.329 e. The van der Waals surface area contributed by atoms with Crippen molar-refractivity contribution in [3.05, 3.63) is 35.2 Å². The first-order valence-electron chi connectivity index (χ1n) is 5.80. The molecule has 4 N–H and O–H groups in total. The molecular formula is C13H19N3S. The Balaban J connectivity index is 2.08. The molecule has 3 nitrogen and oxygen atoms in total. The van der Waals surface area contributed by atoms with Crippen molar-refractivity contribution in [2.75, 3.05) is 20.1 Å². The van der Waals surface area contributed by atoms with Crippen molar-refractivity contribution >= 4 is 21.4 Å². The summed E-state index contributed by atoms with van der Waals surface area (Å²) in [6.45, 7) is 2.30. The minimum absolute atomic E-state index is 0.0601. The third kappa shape index (κ3) is 3.04. The van der Waals surface area contributed by atoms with Gasteiger partial charge in [-0.3, -0.25) is 0 Å². The van der Waals surface area contributed by atoms with E-state index >= 15 is 0 Å². The van der Waals surface area contributed by atoms with Crippen molar-refractivity contribution in [3.63, 3.8) is 0 Å². The minimum atomic E-state index is 0.0601. The fourth-order valence-electron chi connectivity index (χ4n) is 1.99. The predicted octanol–water partition coefficient (Wildman–Crippen LogP) is 1.62. The first-order chi connectivity index (χ1) is 8.20. The lowest BCUT2D eigenvalue weighted by Crippen LogP contribution is -2.40. The highest BCUT2D eigenvalue weighted by Gasteiger charge is 2.08. The lowest BCUT2D eigenvalue weighted by atomic mass is 10.1. The van der Waals surface area contributed by atoms with Crippen LogP contribution in [0.4, 0.5) is 0 Å². The summed E-state index contributed by atoms with van der Waals surface area (Å²) in [7, 11) is 2.09. The Morgan fingerprint density at radius 2 is 2.12 bits per heavy atom. The van der Waals surface area contributed by atoms with Crippen LogP contribution < -0.4 is 11.5 Å². The second kappa shape index (κ2) is 5.60. The molecule has 2 rings (SSSR count). The fourth-order valence-corrected chi connectivity index (χ4v) is 2.94. The second-order valence-corrected chi connectivity index (χ2v) is 5.36. The van der Waals surface area contributed by atoms with Crippen LogP contribution in [0.15, 0.2) is 29.6 Å². The number of benzene rings is 1. The molecule has 4 heteroatoms. The summed E-state index contributed by atoms with van der Waals surface area (Å²) < 4.78 is 1.35. The molecule has 0 bridgehead atoms. The average molecular weight is 249 g/mol. The van der Waals surface area contributed by atoms with Gasteiger partial charge in [-0.25, -0.2) is 0 Å². The van der Waals surface area contributed by atoms with Crippen LogP contribution >= 0.6 is 11.3 Å². The Bertz CT molecular complexity index is 480. The Morgan fingerprint density at radius 1 is 1.35 bits per heavy atom. The van der Waals surface area contributed by atoms with E-state index in [-0.39, 0.29) is 6.04 Å². The van der Waals surface area contributed by atoms with Crippen LogP contribution in [0, 0.1) is 0 Å². The second-order valence-electron chi connectivity index (χ2n) is 4.45. The van der Waals surface area contributed by atoms with Gasteiger partial charge in [0, 0.05) is 30.4 Å². The molecule has 1 heterocycles. The Kier molecular flexibility index (Phi) is 4.12. The van der Waals surface area contributed by atoms with Crippen molar-refractivity contribution < 1.29 is 0 Å². The van der Waals surface area contributed by atoms with E-state index in [1.54, 1.807) is 11.3 Å². The topological polar surface area (TPSA) is 55.3 Å². The Hall–Kier alpha value is -0.940. The van der Waals surface area contributed by atoms with Gasteiger partial charge >= 0.3 is 0 Å². The summed E-state index contributed by atoms with van der Waals surface area (Å²) in [6, 6.07) is 8.57. The summed E-state index contributed by atoms with van der Waals surface area (Å²) in [6.07, 6.45) is 0. The van der Waals surface area contributed by atoms with Crippen LogP contribution in [0.2, 0.25) is 0 Å². The molecule has 1 atom stereocenters. The third-order valence-electron chi connectivity index (χ3n) is 2.85. The zero-order chi connectivity index (χ0) is 12.3. The summed E-state index contributed by atoms with van der Waals surface area (Å²) in [5.74, 6) is 0. The molecule has 0 amide bonds. The summed E-state index contributed by atoms with van der Waals surface area (Å²) >= 11 is 1.80. The van der Waals surface area contributed by atoms with E-state index in [0.29, 0.717) is 6.54 Å². The molecule has 1 aromatic carbocycles. The number of fused-ring (bicyclic) bond motifs is 1. The van der Waals surface area contributed by atoms with Gasteiger partial charge < -0.3 is 16.4 Å². The molecule has 0 fully saturated rings. The van der Waals surface area contributed by atoms with Gasteiger partial charge in [0.2, 0.25) is 0 Å². The van der Waals surface area contributed by atoms with Crippen molar-refractivity contribution in [2.45, 2.75) is 12.6 Å². The van der Waals surface area contributed by atoms with Crippen molar-refractivity contribution in [1.82, 2.24) is 4.90 Å². The molecule has 0 radical (unpaired) electrons. The Labute approximate surface area is 106 Å². The summed E-state index contributed by atoms with van der Waals surface area (Å²) in [5, 5.41) is 3.58. The molecule has 92 valence electrons. The molecule has 0 aliphatic carbocycles. The summed E-state index contributed by atoms with van der Waals surface area (Å²) in [5.41, 5.74) is 12.8. The molecule has 1 unspecified atom stereocenters. The van der Waals surface area contributed by atoms with Crippen molar-refractivity contribution in [2.24, 2.45) is 11.5 Å². The van der Waals surface area contributed by atoms with Crippen molar-refractivity contribution in [3.8, 4) is 0 Å². The highest BCUT2D eigenvalue weighted by molar-refractivity contribution is 7.17. The van der Waals surface area contributed by atoms with Crippen LogP contribution in [-0.2, 0) is 6.54 Å². The number of hydrogen-bond acceptors (Lipinski definition) is 4. The first-order valence-corrected chi connectivity index (χ1v) is 6.68. The standard InChI is InChI=1S/C13H19N3S/c1-16(8-11(15)6-14)7-10-9-17-13-5-3-2-4-12(10)13/h2-5,9,11H,6-8,14-15H2,1H3. The van der Waals surface area contributed by atoms with Gasteiger partial charge in [-0.05, 0) is 29.4 Å². The van der Waals surface area contributed by atoms with E-state index in [0.717, 1.165) is 13.1 Å². The quantitative estimate of drug-likeness (QED) is 0.846. The van der Waals surface area contributed by atoms with E-state index in [4.69, 9.17) is 11.5 Å². The predicted molar refractivity (Wildman–Crippen MR) is 75.2 cm³/mol. The average Bonchev–Trinajstić information content (AvgIpc) is 2.72. The number of nitrogens with two attached hydrogens (primary N) is 2. The largest absolute Gasteiger partial charge is 0.329 e. The molecule has 0 aliphatic rings. The van der Waals surface area contributed by atoms with E-state index < -0.39 is 0 Å². The maximum absolute atomic E-state index is 5.85. The fraction of sp³-hybridized carbons (Fsp3) is 0.385. The van der Waals surface area contributed by atoms with Crippen LogP contribution in [0.1, 0.15) is 5.56 Å². The maximum atomic E-state index is 5.85. The maximum Gasteiger partial charge on any atom is 0.0346 e. The lowest BCUT2D eigenvalue weighted by Gasteiger charge is -2.19. The molecule has 0 saturated heterocycles. The molecule has 2 aromatic rings. The van der Waals surface area contributed by atoms with Gasteiger partial charge in [-0.15, -0.1) is 11.3 Å². The monoisotopic (exact) mass is 249 g/mol. The normalized spacial score (nSPS) is 13.4. The highest BCUT2D eigenvalue weighted by Crippen LogP contribution is 2.26. The van der Waals surface area contributed by atoms with Crippen LogP contribution in [0.5, 0.6) is 0 Å². The van der Waals surface area contributed by atoms with Crippen LogP contribution in [-0.4, -0.2) is 31.1 Å². The van der Waals surface area contributed by atoms with E-state index in [1.807, 2.05) is 0 Å². The SMILES string of the molecule is CN(Cc1csc2ccccc12)CC(N)CN. The first kappa shape index (κ1) is 12.5. The van der Waals surface area contributed by atoms with Gasteiger partial charge in [-0.2, -0.15) is 0 Å². The summed E-state index contributed by atoms with van der Waals surface area (Å²) in [4.78, 5) is 2.23.